The first-order valence-corrected chi connectivity index (χ1v) is 6.36. The summed E-state index contributed by atoms with van der Waals surface area (Å²) in [6.07, 6.45) is 0. The quantitative estimate of drug-likeness (QED) is 0.531. The molecular formula is H5O3P3. The molecule has 0 aromatic rings. The maximum absolute atomic E-state index is 9.69. The Labute approximate surface area is 39.5 Å². The summed E-state index contributed by atoms with van der Waals surface area (Å²) in [5, 5.41) is 0. The predicted molar refractivity (Wildman–Crippen MR) is 30.1 cm³/mol. The lowest BCUT2D eigenvalue weighted by molar-refractivity contribution is 0.396. The van der Waals surface area contributed by atoms with Crippen molar-refractivity contribution in [1.82, 2.24) is 0 Å². The summed E-state index contributed by atoms with van der Waals surface area (Å²) in [5.74, 6) is 0. The lowest BCUT2D eigenvalue weighted by Gasteiger charge is -1.92. The van der Waals surface area contributed by atoms with Gasteiger partial charge in [0.2, 0.25) is 0 Å². The molecule has 2 N–H and O–H groups in total. The molecular weight excluding hydrogens is 141 g/mol. The Bertz CT molecular complexity index is 70.1. The fourth-order valence-electron chi connectivity index (χ4n) is 0. The van der Waals surface area contributed by atoms with Gasteiger partial charge in [-0.25, -0.2) is 0 Å². The summed E-state index contributed by atoms with van der Waals surface area (Å²) in [7, 11) is -2.02. The van der Waals surface area contributed by atoms with Gasteiger partial charge in [-0.2, -0.15) is 0 Å². The zero-order chi connectivity index (χ0) is 5.21. The Balaban J connectivity index is 3.48. The van der Waals surface area contributed by atoms with Crippen molar-refractivity contribution in [2.24, 2.45) is 0 Å². The lowest BCUT2D eigenvalue weighted by atomic mass is 15.8. The minimum atomic E-state index is -3.66. The molecule has 2 unspecified atom stereocenters. The summed E-state index contributed by atoms with van der Waals surface area (Å²) in [6, 6.07) is 0. The summed E-state index contributed by atoms with van der Waals surface area (Å²) < 4.78 is 9.69. The van der Waals surface area contributed by atoms with E-state index in [4.69, 9.17) is 9.79 Å². The molecule has 0 rings (SSSR count). The van der Waals surface area contributed by atoms with Crippen LogP contribution < -0.4 is 0 Å². The fraction of sp³-hybridized carbons (Fsp3) is 0. The molecule has 2 atom stereocenters. The second kappa shape index (κ2) is 2.35. The van der Waals surface area contributed by atoms with Crippen LogP contribution in [-0.2, 0) is 4.57 Å². The van der Waals surface area contributed by atoms with E-state index in [1.807, 2.05) is 8.93 Å². The molecule has 6 heavy (non-hydrogen) atoms. The topological polar surface area (TPSA) is 57.5 Å². The highest BCUT2D eigenvalue weighted by molar-refractivity contribution is 8.43. The van der Waals surface area contributed by atoms with Crippen LogP contribution in [0.25, 0.3) is 0 Å². The van der Waals surface area contributed by atoms with Crippen molar-refractivity contribution in [1.29, 1.82) is 0 Å². The third kappa shape index (κ3) is 5.01. The smallest absolute Gasteiger partial charge is 0.321 e. The van der Waals surface area contributed by atoms with Crippen LogP contribution in [0.2, 0.25) is 0 Å². The molecule has 0 aromatic heterocycles. The molecule has 0 saturated carbocycles. The highest BCUT2D eigenvalue weighted by atomic mass is 32.4. The summed E-state index contributed by atoms with van der Waals surface area (Å²) >= 11 is 0. The summed E-state index contributed by atoms with van der Waals surface area (Å²) in [6.45, 7) is 0. The average Bonchev–Trinajstić information content (AvgIpc) is 1.35. The molecule has 3 nitrogen and oxygen atoms in total. The van der Waals surface area contributed by atoms with Crippen LogP contribution in [0.15, 0.2) is 0 Å². The standard InChI is InChI=1S/H5O3P3/c1-6(2,3)5-4/h5H,4H2,(H2,1,2,3). The minimum Gasteiger partial charge on any atom is -0.321 e. The zero-order valence-electron chi connectivity index (χ0n) is 2.83. The molecule has 6 heteroatoms. The van der Waals surface area contributed by atoms with Gasteiger partial charge in [0.25, 0.3) is 0 Å². The third-order valence-electron chi connectivity index (χ3n) is 0.168. The fourth-order valence-corrected chi connectivity index (χ4v) is 0. The van der Waals surface area contributed by atoms with E-state index in [9.17, 15) is 4.57 Å². The lowest BCUT2D eigenvalue weighted by Crippen LogP contribution is -1.56. The first-order chi connectivity index (χ1) is 2.56. The number of hydrogen-bond acceptors (Lipinski definition) is 1. The number of rotatable bonds is 1. The number of hydrogen-bond donors (Lipinski definition) is 2. The normalized spacial score (nSPS) is 13.8. The van der Waals surface area contributed by atoms with Crippen LogP contribution >= 0.6 is 24.2 Å². The van der Waals surface area contributed by atoms with Crippen LogP contribution in [-0.4, -0.2) is 9.79 Å². The first kappa shape index (κ1) is 7.01. The molecule has 0 spiro atoms. The largest absolute Gasteiger partial charge is 0.345 e. The third-order valence-corrected chi connectivity index (χ3v) is 4.54. The van der Waals surface area contributed by atoms with Crippen LogP contribution in [0.4, 0.5) is 0 Å². The van der Waals surface area contributed by atoms with E-state index >= 15 is 0 Å². The first-order valence-electron chi connectivity index (χ1n) is 1.09. The van der Waals surface area contributed by atoms with E-state index in [1.54, 1.807) is 0 Å². The molecule has 0 amide bonds. The van der Waals surface area contributed by atoms with E-state index in [-0.39, 0.29) is 7.96 Å². The van der Waals surface area contributed by atoms with Crippen molar-refractivity contribution in [3.8, 4) is 0 Å². The Hall–Kier alpha value is 1.01. The van der Waals surface area contributed by atoms with Gasteiger partial charge in [0.15, 0.2) is 0 Å². The predicted octanol–water partition coefficient (Wildman–Crippen LogP) is 0.548. The Morgan fingerprint density at radius 2 is 1.83 bits per heavy atom. The highest BCUT2D eigenvalue weighted by Gasteiger charge is 2.05. The van der Waals surface area contributed by atoms with Gasteiger partial charge in [-0.1, -0.05) is 0 Å². The van der Waals surface area contributed by atoms with Gasteiger partial charge in [0.05, 0.1) is 0 Å². The van der Waals surface area contributed by atoms with Gasteiger partial charge in [0.1, 0.15) is 0 Å². The van der Waals surface area contributed by atoms with Gasteiger partial charge in [0, 0.05) is 7.96 Å². The van der Waals surface area contributed by atoms with Crippen molar-refractivity contribution in [2.75, 3.05) is 0 Å². The molecule has 0 radical (unpaired) electrons. The summed E-state index contributed by atoms with van der Waals surface area (Å²) in [4.78, 5) is 15.9. The van der Waals surface area contributed by atoms with Crippen molar-refractivity contribution in [3.05, 3.63) is 0 Å². The Kier molecular flexibility index (Phi) is 2.75. The molecule has 0 aliphatic carbocycles. The van der Waals surface area contributed by atoms with Gasteiger partial charge in [-0.05, 0) is 0 Å². The van der Waals surface area contributed by atoms with E-state index < -0.39 is 7.28 Å². The maximum atomic E-state index is 9.69. The van der Waals surface area contributed by atoms with Gasteiger partial charge in [-0.15, -0.1) is 8.93 Å². The van der Waals surface area contributed by atoms with Crippen molar-refractivity contribution < 1.29 is 14.4 Å². The molecule has 0 fully saturated rings. The van der Waals surface area contributed by atoms with Crippen LogP contribution in [0, 0.1) is 0 Å². The van der Waals surface area contributed by atoms with Gasteiger partial charge >= 0.3 is 7.28 Å². The minimum absolute atomic E-state index is 0.350. The maximum Gasteiger partial charge on any atom is 0.345 e. The average molecular weight is 146 g/mol. The second-order valence-electron chi connectivity index (χ2n) is 0.673. The Morgan fingerprint density at radius 1 is 1.67 bits per heavy atom. The zero-order valence-corrected chi connectivity index (χ0v) is 5.88. The summed E-state index contributed by atoms with van der Waals surface area (Å²) in [5.41, 5.74) is 0. The molecule has 0 aromatic carbocycles. The highest BCUT2D eigenvalue weighted by Crippen LogP contribution is 2.60. The van der Waals surface area contributed by atoms with Crippen LogP contribution in [0.5, 0.6) is 0 Å². The van der Waals surface area contributed by atoms with Gasteiger partial charge in [-0.3, -0.25) is 4.57 Å². The monoisotopic (exact) mass is 146 g/mol. The molecule has 38 valence electrons. The molecule has 0 bridgehead atoms. The van der Waals surface area contributed by atoms with Crippen LogP contribution in [0.3, 0.4) is 0 Å². The van der Waals surface area contributed by atoms with E-state index in [2.05, 4.69) is 0 Å². The molecule has 0 saturated heterocycles. The molecule has 0 aliphatic rings. The molecule has 0 aliphatic heterocycles. The second-order valence-corrected chi connectivity index (χ2v) is 6.87. The van der Waals surface area contributed by atoms with Crippen molar-refractivity contribution in [3.63, 3.8) is 0 Å². The van der Waals surface area contributed by atoms with Crippen LogP contribution in [0.1, 0.15) is 0 Å². The van der Waals surface area contributed by atoms with E-state index in [0.29, 0.717) is 0 Å². The van der Waals surface area contributed by atoms with Crippen molar-refractivity contribution in [2.45, 2.75) is 0 Å². The SMILES string of the molecule is O=P(O)(O)PP. The van der Waals surface area contributed by atoms with E-state index in [1.165, 1.54) is 0 Å². The van der Waals surface area contributed by atoms with Crippen molar-refractivity contribution >= 4 is 24.2 Å². The Morgan fingerprint density at radius 3 is 1.83 bits per heavy atom. The van der Waals surface area contributed by atoms with Gasteiger partial charge < -0.3 is 9.79 Å². The van der Waals surface area contributed by atoms with E-state index in [0.717, 1.165) is 0 Å². The molecule has 0 heterocycles.